The van der Waals surface area contributed by atoms with Crippen LogP contribution in [0.2, 0.25) is 0 Å². The molecule has 16 heavy (non-hydrogen) atoms. The molecule has 1 N–H and O–H groups in total. The Morgan fingerprint density at radius 2 is 2.31 bits per heavy atom. The Morgan fingerprint density at radius 1 is 1.56 bits per heavy atom. The number of hydrogen-bond acceptors (Lipinski definition) is 2. The first kappa shape index (κ1) is 12.4. The molecular formula is C14H18N2. The van der Waals surface area contributed by atoms with Crippen LogP contribution < -0.4 is 5.32 Å². The Balaban J connectivity index is 2.69. The van der Waals surface area contributed by atoms with E-state index in [1.807, 2.05) is 26.2 Å². The van der Waals surface area contributed by atoms with Gasteiger partial charge in [-0.05, 0) is 30.3 Å². The van der Waals surface area contributed by atoms with Gasteiger partial charge in [-0.15, -0.1) is 6.42 Å². The number of hydrogen-bond donors (Lipinski definition) is 1. The Labute approximate surface area is 98.0 Å². The van der Waals surface area contributed by atoms with E-state index in [0.29, 0.717) is 6.54 Å². The number of anilines is 1. The molecule has 0 fully saturated rings. The standard InChI is InChI=1S/C14H18N2/c1-5-9-16(4)11-12(2)13-7-6-8-14(10-13)15-3/h1,6-8,10,15H,2,9,11H2,3-4H3. The minimum Gasteiger partial charge on any atom is -0.388 e. The number of nitrogens with one attached hydrogen (secondary N) is 1. The van der Waals surface area contributed by atoms with Gasteiger partial charge in [-0.25, -0.2) is 0 Å². The van der Waals surface area contributed by atoms with Crippen molar-refractivity contribution in [1.29, 1.82) is 0 Å². The molecule has 0 aromatic heterocycles. The fraction of sp³-hybridized carbons (Fsp3) is 0.286. The molecule has 2 heteroatoms. The van der Waals surface area contributed by atoms with Gasteiger partial charge in [0, 0.05) is 19.3 Å². The zero-order valence-corrected chi connectivity index (χ0v) is 9.96. The van der Waals surface area contributed by atoms with E-state index in [0.717, 1.165) is 23.4 Å². The second kappa shape index (κ2) is 5.99. The molecule has 0 aliphatic heterocycles. The van der Waals surface area contributed by atoms with Gasteiger partial charge in [-0.2, -0.15) is 0 Å². The Bertz CT molecular complexity index is 401. The Kier molecular flexibility index (Phi) is 4.63. The van der Waals surface area contributed by atoms with E-state index >= 15 is 0 Å². The van der Waals surface area contributed by atoms with Crippen molar-refractivity contribution in [3.8, 4) is 12.3 Å². The van der Waals surface area contributed by atoms with Gasteiger partial charge in [-0.1, -0.05) is 24.6 Å². The summed E-state index contributed by atoms with van der Waals surface area (Å²) in [7, 11) is 3.90. The molecule has 0 bridgehead atoms. The van der Waals surface area contributed by atoms with Gasteiger partial charge in [0.1, 0.15) is 0 Å². The second-order valence-corrected chi connectivity index (χ2v) is 3.81. The van der Waals surface area contributed by atoms with Crippen molar-refractivity contribution >= 4 is 11.3 Å². The largest absolute Gasteiger partial charge is 0.388 e. The second-order valence-electron chi connectivity index (χ2n) is 3.81. The lowest BCUT2D eigenvalue weighted by Crippen LogP contribution is -2.20. The van der Waals surface area contributed by atoms with Crippen LogP contribution in [-0.4, -0.2) is 32.1 Å². The normalized spacial score (nSPS) is 9.88. The molecule has 2 nitrogen and oxygen atoms in total. The molecule has 84 valence electrons. The molecule has 1 aromatic carbocycles. The highest BCUT2D eigenvalue weighted by Crippen LogP contribution is 2.17. The number of rotatable bonds is 5. The number of terminal acetylenes is 1. The molecule has 0 spiro atoms. The molecule has 0 aliphatic rings. The van der Waals surface area contributed by atoms with Crippen LogP contribution in [0.25, 0.3) is 5.57 Å². The van der Waals surface area contributed by atoms with Gasteiger partial charge in [0.05, 0.1) is 6.54 Å². The molecular weight excluding hydrogens is 196 g/mol. The summed E-state index contributed by atoms with van der Waals surface area (Å²) in [5.74, 6) is 2.62. The van der Waals surface area contributed by atoms with Crippen molar-refractivity contribution < 1.29 is 0 Å². The average Bonchev–Trinajstić information content (AvgIpc) is 2.29. The van der Waals surface area contributed by atoms with E-state index in [9.17, 15) is 0 Å². The average molecular weight is 214 g/mol. The first-order valence-electron chi connectivity index (χ1n) is 5.25. The molecule has 1 aromatic rings. The SMILES string of the molecule is C#CCN(C)CC(=C)c1cccc(NC)c1. The van der Waals surface area contributed by atoms with Gasteiger partial charge in [0.15, 0.2) is 0 Å². The fourth-order valence-corrected chi connectivity index (χ4v) is 1.52. The van der Waals surface area contributed by atoms with E-state index in [1.54, 1.807) is 0 Å². The van der Waals surface area contributed by atoms with Crippen LogP contribution in [0, 0.1) is 12.3 Å². The number of benzene rings is 1. The molecule has 0 radical (unpaired) electrons. The van der Waals surface area contributed by atoms with Crippen molar-refractivity contribution in [3.05, 3.63) is 36.4 Å². The molecule has 0 heterocycles. The van der Waals surface area contributed by atoms with Crippen LogP contribution in [0.1, 0.15) is 5.56 Å². The van der Waals surface area contributed by atoms with E-state index < -0.39 is 0 Å². The fourth-order valence-electron chi connectivity index (χ4n) is 1.52. The van der Waals surface area contributed by atoms with Gasteiger partial charge in [0.2, 0.25) is 0 Å². The minimum atomic E-state index is 0.644. The van der Waals surface area contributed by atoms with Crippen LogP contribution in [0.5, 0.6) is 0 Å². The molecule has 0 saturated heterocycles. The lowest BCUT2D eigenvalue weighted by molar-refractivity contribution is 0.425. The lowest BCUT2D eigenvalue weighted by Gasteiger charge is -2.15. The van der Waals surface area contributed by atoms with Crippen LogP contribution in [0.3, 0.4) is 0 Å². The van der Waals surface area contributed by atoms with Crippen LogP contribution in [-0.2, 0) is 0 Å². The van der Waals surface area contributed by atoms with Gasteiger partial charge in [0.25, 0.3) is 0 Å². The van der Waals surface area contributed by atoms with Gasteiger partial charge in [-0.3, -0.25) is 4.90 Å². The Morgan fingerprint density at radius 3 is 2.94 bits per heavy atom. The van der Waals surface area contributed by atoms with Crippen molar-refractivity contribution in [2.24, 2.45) is 0 Å². The smallest absolute Gasteiger partial charge is 0.0599 e. The molecule has 0 saturated carbocycles. The third kappa shape index (κ3) is 3.45. The molecule has 1 rings (SSSR count). The van der Waals surface area contributed by atoms with Gasteiger partial charge < -0.3 is 5.32 Å². The zero-order chi connectivity index (χ0) is 12.0. The topological polar surface area (TPSA) is 15.3 Å². The number of likely N-dealkylation sites (N-methyl/N-ethyl adjacent to an activating group) is 1. The van der Waals surface area contributed by atoms with Crippen LogP contribution in [0.4, 0.5) is 5.69 Å². The van der Waals surface area contributed by atoms with E-state index in [2.05, 4.69) is 34.8 Å². The van der Waals surface area contributed by atoms with Crippen molar-refractivity contribution in [2.75, 3.05) is 32.5 Å². The molecule has 0 amide bonds. The minimum absolute atomic E-state index is 0.644. The molecule has 0 aliphatic carbocycles. The predicted molar refractivity (Wildman–Crippen MR) is 71.4 cm³/mol. The summed E-state index contributed by atoms with van der Waals surface area (Å²) < 4.78 is 0. The zero-order valence-electron chi connectivity index (χ0n) is 9.96. The highest BCUT2D eigenvalue weighted by molar-refractivity contribution is 5.68. The Hall–Kier alpha value is -1.72. The maximum atomic E-state index is 5.26. The first-order chi connectivity index (χ1) is 7.67. The van der Waals surface area contributed by atoms with Crippen molar-refractivity contribution in [2.45, 2.75) is 0 Å². The van der Waals surface area contributed by atoms with E-state index in [-0.39, 0.29) is 0 Å². The summed E-state index contributed by atoms with van der Waals surface area (Å²) in [6.45, 7) is 5.52. The first-order valence-corrected chi connectivity index (χ1v) is 5.25. The van der Waals surface area contributed by atoms with Crippen LogP contribution in [0.15, 0.2) is 30.8 Å². The third-order valence-electron chi connectivity index (χ3n) is 2.38. The monoisotopic (exact) mass is 214 g/mol. The lowest BCUT2D eigenvalue weighted by atomic mass is 10.1. The third-order valence-corrected chi connectivity index (χ3v) is 2.38. The summed E-state index contributed by atoms with van der Waals surface area (Å²) >= 11 is 0. The summed E-state index contributed by atoms with van der Waals surface area (Å²) in [5.41, 5.74) is 3.32. The quantitative estimate of drug-likeness (QED) is 0.757. The summed E-state index contributed by atoms with van der Waals surface area (Å²) in [5, 5.41) is 3.11. The summed E-state index contributed by atoms with van der Waals surface area (Å²) in [6.07, 6.45) is 5.26. The van der Waals surface area contributed by atoms with Crippen molar-refractivity contribution in [1.82, 2.24) is 4.90 Å². The van der Waals surface area contributed by atoms with Crippen LogP contribution >= 0.6 is 0 Å². The van der Waals surface area contributed by atoms with Crippen molar-refractivity contribution in [3.63, 3.8) is 0 Å². The number of nitrogens with zero attached hydrogens (tertiary/aromatic N) is 1. The summed E-state index contributed by atoms with van der Waals surface area (Å²) in [4.78, 5) is 2.06. The maximum absolute atomic E-state index is 5.26. The van der Waals surface area contributed by atoms with E-state index in [1.165, 1.54) is 0 Å². The van der Waals surface area contributed by atoms with E-state index in [4.69, 9.17) is 6.42 Å². The maximum Gasteiger partial charge on any atom is 0.0599 e. The van der Waals surface area contributed by atoms with Gasteiger partial charge >= 0.3 is 0 Å². The highest BCUT2D eigenvalue weighted by atomic mass is 15.1. The summed E-state index contributed by atoms with van der Waals surface area (Å²) in [6, 6.07) is 8.20. The predicted octanol–water partition coefficient (Wildman–Crippen LogP) is 2.31. The molecule has 0 atom stereocenters. The molecule has 0 unspecified atom stereocenters. The highest BCUT2D eigenvalue weighted by Gasteiger charge is 2.03.